The molecule has 3 unspecified atom stereocenters. The quantitative estimate of drug-likeness (QED) is 0.842. The average Bonchev–Trinajstić information content (AvgIpc) is 3.03. The molecule has 0 spiro atoms. The average molecular weight is 279 g/mol. The third-order valence-corrected chi connectivity index (χ3v) is 6.46. The van der Waals surface area contributed by atoms with Gasteiger partial charge in [-0.05, 0) is 50.1 Å². The number of nitrogens with two attached hydrogens (primary N) is 1. The van der Waals surface area contributed by atoms with Crippen LogP contribution >= 0.6 is 0 Å². The first-order valence-corrected chi connectivity index (χ1v) is 8.66. The van der Waals surface area contributed by atoms with E-state index in [0.29, 0.717) is 11.0 Å². The number of hydrogen-bond donors (Lipinski definition) is 1. The molecule has 3 heteroatoms. The molecule has 0 aromatic carbocycles. The molecule has 0 radical (unpaired) electrons. The molecule has 116 valence electrons. The monoisotopic (exact) mass is 279 g/mol. The van der Waals surface area contributed by atoms with Crippen molar-refractivity contribution in [1.29, 1.82) is 0 Å². The highest BCUT2D eigenvalue weighted by molar-refractivity contribution is 5.10. The molecule has 3 atom stereocenters. The zero-order valence-electron chi connectivity index (χ0n) is 13.7. The maximum absolute atomic E-state index is 6.34. The molecule has 3 saturated heterocycles. The van der Waals surface area contributed by atoms with E-state index in [2.05, 4.69) is 30.6 Å². The molecular formula is C17H33N3. The molecule has 0 aliphatic carbocycles. The van der Waals surface area contributed by atoms with Gasteiger partial charge in [-0.3, -0.25) is 9.80 Å². The van der Waals surface area contributed by atoms with Crippen molar-refractivity contribution in [2.75, 3.05) is 32.7 Å². The van der Waals surface area contributed by atoms with Crippen LogP contribution in [0.3, 0.4) is 0 Å². The molecule has 0 saturated carbocycles. The van der Waals surface area contributed by atoms with Crippen molar-refractivity contribution in [1.82, 2.24) is 9.80 Å². The third-order valence-electron chi connectivity index (χ3n) is 6.46. The Hall–Kier alpha value is -0.120. The van der Waals surface area contributed by atoms with Crippen LogP contribution in [0.1, 0.15) is 52.9 Å². The molecule has 3 aliphatic heterocycles. The van der Waals surface area contributed by atoms with E-state index in [9.17, 15) is 0 Å². The lowest BCUT2D eigenvalue weighted by Crippen LogP contribution is -2.61. The molecule has 0 aromatic heterocycles. The van der Waals surface area contributed by atoms with Crippen LogP contribution < -0.4 is 5.73 Å². The summed E-state index contributed by atoms with van der Waals surface area (Å²) >= 11 is 0. The Morgan fingerprint density at radius 1 is 1.10 bits per heavy atom. The van der Waals surface area contributed by atoms with E-state index in [1.807, 2.05) is 0 Å². The van der Waals surface area contributed by atoms with Crippen molar-refractivity contribution in [3.05, 3.63) is 0 Å². The lowest BCUT2D eigenvalue weighted by Gasteiger charge is -2.46. The number of hydrogen-bond acceptors (Lipinski definition) is 3. The van der Waals surface area contributed by atoms with Crippen molar-refractivity contribution in [2.45, 2.75) is 64.5 Å². The SMILES string of the molecule is CC(C)(C)C1CCN(C2(CN)CCN3CCCCC32)C1. The Morgan fingerprint density at radius 3 is 2.55 bits per heavy atom. The topological polar surface area (TPSA) is 32.5 Å². The summed E-state index contributed by atoms with van der Waals surface area (Å²) in [6.45, 7) is 13.2. The number of nitrogens with zero attached hydrogens (tertiary/aromatic N) is 2. The Kier molecular flexibility index (Phi) is 3.89. The largest absolute Gasteiger partial charge is 0.329 e. The highest BCUT2D eigenvalue weighted by Gasteiger charge is 2.52. The normalized spacial score (nSPS) is 40.2. The van der Waals surface area contributed by atoms with E-state index in [1.54, 1.807) is 0 Å². The molecule has 20 heavy (non-hydrogen) atoms. The predicted octanol–water partition coefficient (Wildman–Crippen LogP) is 2.31. The van der Waals surface area contributed by atoms with Crippen molar-refractivity contribution in [3.8, 4) is 0 Å². The van der Waals surface area contributed by atoms with Gasteiger partial charge >= 0.3 is 0 Å². The van der Waals surface area contributed by atoms with Gasteiger partial charge in [-0.1, -0.05) is 27.2 Å². The maximum atomic E-state index is 6.34. The first kappa shape index (κ1) is 14.8. The van der Waals surface area contributed by atoms with Gasteiger partial charge in [-0.15, -0.1) is 0 Å². The van der Waals surface area contributed by atoms with Crippen molar-refractivity contribution in [2.24, 2.45) is 17.1 Å². The minimum absolute atomic E-state index is 0.292. The van der Waals surface area contributed by atoms with Gasteiger partial charge in [-0.25, -0.2) is 0 Å². The number of rotatable bonds is 2. The molecule has 3 heterocycles. The summed E-state index contributed by atoms with van der Waals surface area (Å²) in [5.41, 5.74) is 7.07. The van der Waals surface area contributed by atoms with Crippen molar-refractivity contribution in [3.63, 3.8) is 0 Å². The molecular weight excluding hydrogens is 246 g/mol. The molecule has 0 bridgehead atoms. The fraction of sp³-hybridized carbons (Fsp3) is 1.00. The Labute approximate surface area is 124 Å². The number of piperidine rings is 1. The lowest BCUT2D eigenvalue weighted by molar-refractivity contribution is 0.0475. The van der Waals surface area contributed by atoms with E-state index in [0.717, 1.165) is 18.5 Å². The Morgan fingerprint density at radius 2 is 1.90 bits per heavy atom. The van der Waals surface area contributed by atoms with Gasteiger partial charge in [0.25, 0.3) is 0 Å². The van der Waals surface area contributed by atoms with Gasteiger partial charge in [0, 0.05) is 31.2 Å². The molecule has 3 nitrogen and oxygen atoms in total. The summed E-state index contributed by atoms with van der Waals surface area (Å²) in [5, 5.41) is 0. The van der Waals surface area contributed by atoms with E-state index >= 15 is 0 Å². The molecule has 3 aliphatic rings. The molecule has 0 aromatic rings. The van der Waals surface area contributed by atoms with Gasteiger partial charge < -0.3 is 5.73 Å². The van der Waals surface area contributed by atoms with Crippen LogP contribution in [-0.4, -0.2) is 54.1 Å². The minimum Gasteiger partial charge on any atom is -0.329 e. The molecule has 0 amide bonds. The first-order valence-electron chi connectivity index (χ1n) is 8.66. The summed E-state index contributed by atoms with van der Waals surface area (Å²) in [6.07, 6.45) is 6.82. The van der Waals surface area contributed by atoms with E-state index in [4.69, 9.17) is 5.73 Å². The van der Waals surface area contributed by atoms with Crippen LogP contribution in [0.15, 0.2) is 0 Å². The van der Waals surface area contributed by atoms with Gasteiger partial charge in [0.15, 0.2) is 0 Å². The van der Waals surface area contributed by atoms with Gasteiger partial charge in [0.2, 0.25) is 0 Å². The van der Waals surface area contributed by atoms with Gasteiger partial charge in [0.05, 0.1) is 0 Å². The van der Waals surface area contributed by atoms with Crippen molar-refractivity contribution >= 4 is 0 Å². The summed E-state index contributed by atoms with van der Waals surface area (Å²) in [5.74, 6) is 0.837. The smallest absolute Gasteiger partial charge is 0.0498 e. The van der Waals surface area contributed by atoms with Gasteiger partial charge in [-0.2, -0.15) is 0 Å². The second kappa shape index (κ2) is 5.26. The lowest BCUT2D eigenvalue weighted by atomic mass is 9.80. The predicted molar refractivity (Wildman–Crippen MR) is 84.7 cm³/mol. The van der Waals surface area contributed by atoms with Crippen molar-refractivity contribution < 1.29 is 0 Å². The standard InChI is InChI=1S/C17H33N3/c1-16(2,3)14-7-10-20(12-14)17(13-18)8-11-19-9-5-4-6-15(17)19/h14-15H,4-13,18H2,1-3H3. The zero-order valence-corrected chi connectivity index (χ0v) is 13.7. The second-order valence-corrected chi connectivity index (χ2v) is 8.40. The maximum Gasteiger partial charge on any atom is 0.0498 e. The minimum atomic E-state index is 0.292. The Bertz CT molecular complexity index is 349. The zero-order chi connectivity index (χ0) is 14.4. The summed E-state index contributed by atoms with van der Waals surface area (Å²) in [6, 6.07) is 0.736. The highest BCUT2D eigenvalue weighted by Crippen LogP contribution is 2.43. The Balaban J connectivity index is 1.77. The van der Waals surface area contributed by atoms with Crippen LogP contribution in [0.5, 0.6) is 0 Å². The van der Waals surface area contributed by atoms with Crippen LogP contribution in [-0.2, 0) is 0 Å². The summed E-state index contributed by atoms with van der Waals surface area (Å²) < 4.78 is 0. The van der Waals surface area contributed by atoms with Crippen LogP contribution in [0.4, 0.5) is 0 Å². The fourth-order valence-corrected chi connectivity index (χ4v) is 4.98. The van der Waals surface area contributed by atoms with Crippen LogP contribution in [0, 0.1) is 11.3 Å². The number of fused-ring (bicyclic) bond motifs is 1. The summed E-state index contributed by atoms with van der Waals surface area (Å²) in [7, 11) is 0. The first-order chi connectivity index (χ1) is 9.47. The van der Waals surface area contributed by atoms with E-state index in [1.165, 1.54) is 58.3 Å². The third kappa shape index (κ3) is 2.32. The number of likely N-dealkylation sites (tertiary alicyclic amines) is 1. The van der Waals surface area contributed by atoms with Crippen LogP contribution in [0.2, 0.25) is 0 Å². The van der Waals surface area contributed by atoms with Crippen LogP contribution in [0.25, 0.3) is 0 Å². The molecule has 3 rings (SSSR count). The van der Waals surface area contributed by atoms with E-state index < -0.39 is 0 Å². The molecule has 3 fully saturated rings. The summed E-state index contributed by atoms with van der Waals surface area (Å²) in [4.78, 5) is 5.53. The van der Waals surface area contributed by atoms with E-state index in [-0.39, 0.29) is 0 Å². The molecule has 2 N–H and O–H groups in total. The highest BCUT2D eigenvalue weighted by atomic mass is 15.3. The second-order valence-electron chi connectivity index (χ2n) is 8.40. The van der Waals surface area contributed by atoms with Gasteiger partial charge in [0.1, 0.15) is 0 Å². The fourth-order valence-electron chi connectivity index (χ4n) is 4.98.